The minimum atomic E-state index is -3.39. The van der Waals surface area contributed by atoms with Crippen LogP contribution in [-0.2, 0) is 19.7 Å². The van der Waals surface area contributed by atoms with Gasteiger partial charge in [0.2, 0.25) is 0 Å². The molecule has 0 aromatic heterocycles. The van der Waals surface area contributed by atoms with Crippen LogP contribution in [0.25, 0.3) is 0 Å². The summed E-state index contributed by atoms with van der Waals surface area (Å²) in [6, 6.07) is 12.8. The normalized spacial score (nSPS) is 12.1. The molecule has 7 nitrogen and oxygen atoms in total. The first kappa shape index (κ1) is 23.2. The van der Waals surface area contributed by atoms with E-state index in [1.165, 1.54) is 25.3 Å². The molecule has 0 spiro atoms. The molecule has 0 aliphatic rings. The summed E-state index contributed by atoms with van der Waals surface area (Å²) in [4.78, 5) is 2.39. The van der Waals surface area contributed by atoms with Crippen LogP contribution in [-0.4, -0.2) is 67.6 Å². The van der Waals surface area contributed by atoms with Crippen LogP contribution in [0.1, 0.15) is 6.42 Å². The van der Waals surface area contributed by atoms with E-state index in [2.05, 4.69) is 0 Å². The quantitative estimate of drug-likeness (QED) is 0.494. The third-order valence-corrected chi connectivity index (χ3v) is 7.13. The largest absolute Gasteiger partial charge is 0.497 e. The number of methoxy groups -OCH3 is 1. The maximum Gasteiger partial charge on any atom is 0.179 e. The van der Waals surface area contributed by atoms with Crippen molar-refractivity contribution in [3.63, 3.8) is 0 Å². The summed E-state index contributed by atoms with van der Waals surface area (Å²) in [6.07, 6.45) is 1.83. The Kier molecular flexibility index (Phi) is 8.06. The summed E-state index contributed by atoms with van der Waals surface area (Å²) in [5.74, 6) is 1.01. The van der Waals surface area contributed by atoms with Crippen molar-refractivity contribution in [3.05, 3.63) is 48.5 Å². The first-order valence-corrected chi connectivity index (χ1v) is 12.6. The number of rotatable bonds is 11. The van der Waals surface area contributed by atoms with Gasteiger partial charge in [0, 0.05) is 19.3 Å². The average Bonchev–Trinajstić information content (AvgIpc) is 2.69. The molecule has 0 unspecified atom stereocenters. The number of benzene rings is 2. The van der Waals surface area contributed by atoms with Gasteiger partial charge in [0.05, 0.1) is 29.3 Å². The maximum absolute atomic E-state index is 12.5. The van der Waals surface area contributed by atoms with E-state index in [0.29, 0.717) is 37.6 Å². The Morgan fingerprint density at radius 3 is 2.17 bits per heavy atom. The SMILES string of the molecule is COc1cccc(S(=O)(=O)CCN(C)CCCOc2cccc(S(C)(=O)=O)c2)c1. The molecular formula is C20H27NO6S2. The summed E-state index contributed by atoms with van der Waals surface area (Å²) >= 11 is 0. The molecule has 29 heavy (non-hydrogen) atoms. The van der Waals surface area contributed by atoms with E-state index in [-0.39, 0.29) is 15.5 Å². The van der Waals surface area contributed by atoms with Crippen molar-refractivity contribution in [2.75, 3.05) is 45.9 Å². The van der Waals surface area contributed by atoms with Crippen LogP contribution in [0.2, 0.25) is 0 Å². The lowest BCUT2D eigenvalue weighted by Gasteiger charge is -2.17. The lowest BCUT2D eigenvalue weighted by atomic mass is 10.3. The highest BCUT2D eigenvalue weighted by Crippen LogP contribution is 2.19. The van der Waals surface area contributed by atoms with Gasteiger partial charge >= 0.3 is 0 Å². The Balaban J connectivity index is 1.78. The van der Waals surface area contributed by atoms with Crippen LogP contribution in [0.5, 0.6) is 11.5 Å². The predicted octanol–water partition coefficient (Wildman–Crippen LogP) is 2.27. The zero-order chi connectivity index (χ0) is 21.5. The molecule has 2 aromatic rings. The van der Waals surface area contributed by atoms with Gasteiger partial charge in [0.25, 0.3) is 0 Å². The lowest BCUT2D eigenvalue weighted by molar-refractivity contribution is 0.268. The van der Waals surface area contributed by atoms with E-state index < -0.39 is 19.7 Å². The number of hydrogen-bond donors (Lipinski definition) is 0. The van der Waals surface area contributed by atoms with Crippen LogP contribution in [0.4, 0.5) is 0 Å². The molecule has 9 heteroatoms. The second-order valence-corrected chi connectivity index (χ2v) is 10.9. The highest BCUT2D eigenvalue weighted by molar-refractivity contribution is 7.91. The molecule has 0 aliphatic heterocycles. The molecule has 160 valence electrons. The van der Waals surface area contributed by atoms with E-state index in [1.54, 1.807) is 30.3 Å². The number of sulfone groups is 2. The molecule has 0 saturated heterocycles. The van der Waals surface area contributed by atoms with E-state index in [9.17, 15) is 16.8 Å². The Hall–Kier alpha value is -2.10. The topological polar surface area (TPSA) is 90.0 Å². The molecule has 0 fully saturated rings. The monoisotopic (exact) mass is 441 g/mol. The fourth-order valence-corrected chi connectivity index (χ4v) is 4.64. The zero-order valence-electron chi connectivity index (χ0n) is 16.9. The van der Waals surface area contributed by atoms with Gasteiger partial charge in [0.1, 0.15) is 11.5 Å². The summed E-state index contributed by atoms with van der Waals surface area (Å²) in [5.41, 5.74) is 0. The Morgan fingerprint density at radius 1 is 0.897 bits per heavy atom. The lowest BCUT2D eigenvalue weighted by Crippen LogP contribution is -2.27. The third kappa shape index (κ3) is 7.34. The maximum atomic E-state index is 12.5. The van der Waals surface area contributed by atoms with Crippen LogP contribution < -0.4 is 9.47 Å². The van der Waals surface area contributed by atoms with Crippen molar-refractivity contribution < 1.29 is 26.3 Å². The average molecular weight is 442 g/mol. The van der Waals surface area contributed by atoms with Gasteiger partial charge < -0.3 is 14.4 Å². The van der Waals surface area contributed by atoms with Crippen molar-refractivity contribution in [1.82, 2.24) is 4.90 Å². The highest BCUT2D eigenvalue weighted by atomic mass is 32.2. The van der Waals surface area contributed by atoms with Gasteiger partial charge in [-0.05, 0) is 49.9 Å². The fourth-order valence-electron chi connectivity index (χ4n) is 2.62. The van der Waals surface area contributed by atoms with Crippen LogP contribution in [0.3, 0.4) is 0 Å². The second kappa shape index (κ2) is 10.1. The van der Waals surface area contributed by atoms with E-state index in [1.807, 2.05) is 11.9 Å². The van der Waals surface area contributed by atoms with E-state index in [0.717, 1.165) is 6.26 Å². The molecule has 0 saturated carbocycles. The van der Waals surface area contributed by atoms with E-state index >= 15 is 0 Å². The van der Waals surface area contributed by atoms with Crippen LogP contribution in [0.15, 0.2) is 58.3 Å². The fraction of sp³-hybridized carbons (Fsp3) is 0.400. The molecule has 0 amide bonds. The predicted molar refractivity (Wildman–Crippen MR) is 112 cm³/mol. The molecule has 0 bridgehead atoms. The second-order valence-electron chi connectivity index (χ2n) is 6.75. The minimum absolute atomic E-state index is 0.00787. The van der Waals surface area contributed by atoms with Crippen molar-refractivity contribution >= 4 is 19.7 Å². The van der Waals surface area contributed by atoms with Gasteiger partial charge in [-0.15, -0.1) is 0 Å². The Labute approximate surface area is 173 Å². The van der Waals surface area contributed by atoms with Gasteiger partial charge in [-0.25, -0.2) is 16.8 Å². The third-order valence-electron chi connectivity index (χ3n) is 4.33. The van der Waals surface area contributed by atoms with Crippen molar-refractivity contribution in [1.29, 1.82) is 0 Å². The summed E-state index contributed by atoms with van der Waals surface area (Å²) in [5, 5.41) is 0. The van der Waals surface area contributed by atoms with E-state index in [4.69, 9.17) is 9.47 Å². The summed E-state index contributed by atoms with van der Waals surface area (Å²) in [7, 11) is -3.31. The van der Waals surface area contributed by atoms with Crippen LogP contribution in [0, 0.1) is 0 Å². The molecule has 0 atom stereocenters. The minimum Gasteiger partial charge on any atom is -0.497 e. The smallest absolute Gasteiger partial charge is 0.179 e. The Bertz CT molecular complexity index is 1020. The number of hydrogen-bond acceptors (Lipinski definition) is 7. The molecule has 2 rings (SSSR count). The van der Waals surface area contributed by atoms with Gasteiger partial charge in [-0.2, -0.15) is 0 Å². The van der Waals surface area contributed by atoms with Gasteiger partial charge in [-0.3, -0.25) is 0 Å². The van der Waals surface area contributed by atoms with Crippen molar-refractivity contribution in [3.8, 4) is 11.5 Å². The molecule has 0 heterocycles. The molecule has 2 aromatic carbocycles. The van der Waals surface area contributed by atoms with Crippen LogP contribution >= 0.6 is 0 Å². The number of ether oxygens (including phenoxy) is 2. The molecular weight excluding hydrogens is 414 g/mol. The molecule has 0 radical (unpaired) electrons. The molecule has 0 aliphatic carbocycles. The molecule has 0 N–H and O–H groups in total. The highest BCUT2D eigenvalue weighted by Gasteiger charge is 2.16. The number of nitrogens with zero attached hydrogens (tertiary/aromatic N) is 1. The van der Waals surface area contributed by atoms with Gasteiger partial charge in [-0.1, -0.05) is 12.1 Å². The standard InChI is InChI=1S/C20H27NO6S2/c1-21(12-14-29(24,25)20-10-4-7-17(15-20)26-2)11-6-13-27-18-8-5-9-19(16-18)28(3,22)23/h4-5,7-10,15-16H,6,11-14H2,1-3H3. The summed E-state index contributed by atoms with van der Waals surface area (Å²) in [6.45, 7) is 1.45. The summed E-state index contributed by atoms with van der Waals surface area (Å²) < 4.78 is 58.8. The van der Waals surface area contributed by atoms with Gasteiger partial charge in [0.15, 0.2) is 19.7 Å². The van der Waals surface area contributed by atoms with Crippen molar-refractivity contribution in [2.45, 2.75) is 16.2 Å². The first-order chi connectivity index (χ1) is 13.6. The Morgan fingerprint density at radius 2 is 1.52 bits per heavy atom. The zero-order valence-corrected chi connectivity index (χ0v) is 18.5. The van der Waals surface area contributed by atoms with Crippen molar-refractivity contribution in [2.24, 2.45) is 0 Å². The first-order valence-electron chi connectivity index (χ1n) is 9.10.